The lowest BCUT2D eigenvalue weighted by Crippen LogP contribution is -2.09. The number of benzene rings is 3. The zero-order valence-corrected chi connectivity index (χ0v) is 28.5. The normalized spacial score (nSPS) is 10.6. The van der Waals surface area contributed by atoms with E-state index in [1.807, 2.05) is 13.0 Å². The van der Waals surface area contributed by atoms with Gasteiger partial charge in [-0.15, -0.1) is 0 Å². The Kier molecular flexibility index (Phi) is 16.2. The number of carbonyl (C=O) groups excluding carboxylic acids is 4. The molecule has 10 nitrogen and oxygen atoms in total. The molecule has 0 saturated heterocycles. The third-order valence-corrected chi connectivity index (χ3v) is 7.70. The van der Waals surface area contributed by atoms with Crippen LogP contribution in [0.1, 0.15) is 47.2 Å². The Balaban J connectivity index is 1.44. The highest BCUT2D eigenvalue weighted by Crippen LogP contribution is 2.30. The van der Waals surface area contributed by atoms with Gasteiger partial charge in [0.2, 0.25) is 5.12 Å². The summed E-state index contributed by atoms with van der Waals surface area (Å²) >= 11 is 1.06. The van der Waals surface area contributed by atoms with Gasteiger partial charge in [-0.25, -0.2) is 14.4 Å². The molecule has 0 aliphatic heterocycles. The predicted octanol–water partition coefficient (Wildman–Crippen LogP) is 7.33. The van der Waals surface area contributed by atoms with Gasteiger partial charge in [-0.2, -0.15) is 0 Å². The largest absolute Gasteiger partial charge is 0.494 e. The molecule has 0 atom stereocenters. The first kappa shape index (κ1) is 38.2. The fourth-order valence-electron chi connectivity index (χ4n) is 4.11. The lowest BCUT2D eigenvalue weighted by atomic mass is 10.2. The summed E-state index contributed by atoms with van der Waals surface area (Å²) in [6.07, 6.45) is 8.13. The van der Waals surface area contributed by atoms with E-state index in [0.717, 1.165) is 39.9 Å². The summed E-state index contributed by atoms with van der Waals surface area (Å²) in [6, 6.07) is 17.1. The van der Waals surface area contributed by atoms with E-state index in [1.54, 1.807) is 67.8 Å². The highest BCUT2D eigenvalue weighted by Gasteiger charge is 2.12. The number of methoxy groups -OCH3 is 1. The van der Waals surface area contributed by atoms with Gasteiger partial charge >= 0.3 is 17.9 Å². The zero-order valence-electron chi connectivity index (χ0n) is 27.6. The molecule has 3 aromatic rings. The van der Waals surface area contributed by atoms with Gasteiger partial charge in [0.1, 0.15) is 11.5 Å². The first-order valence-electron chi connectivity index (χ1n) is 15.6. The van der Waals surface area contributed by atoms with Crippen molar-refractivity contribution in [3.63, 3.8) is 0 Å². The number of thioether (sulfide) groups is 1. The minimum atomic E-state index is -0.521. The van der Waals surface area contributed by atoms with Crippen LogP contribution in [0.5, 0.6) is 23.0 Å². The maximum atomic E-state index is 12.7. The summed E-state index contributed by atoms with van der Waals surface area (Å²) in [5, 5.41) is -0.178. The van der Waals surface area contributed by atoms with Gasteiger partial charge in [-0.05, 0) is 116 Å². The Morgan fingerprint density at radius 2 is 1.33 bits per heavy atom. The smallest absolute Gasteiger partial charge is 0.343 e. The van der Waals surface area contributed by atoms with Crippen molar-refractivity contribution < 1.29 is 47.6 Å². The van der Waals surface area contributed by atoms with Gasteiger partial charge < -0.3 is 28.4 Å². The van der Waals surface area contributed by atoms with Crippen molar-refractivity contribution in [3.05, 3.63) is 109 Å². The topological polar surface area (TPSA) is 124 Å². The predicted molar refractivity (Wildman–Crippen MR) is 187 cm³/mol. The van der Waals surface area contributed by atoms with Crippen LogP contribution in [0.3, 0.4) is 0 Å². The molecule has 0 saturated carbocycles. The highest BCUT2D eigenvalue weighted by molar-refractivity contribution is 8.14. The van der Waals surface area contributed by atoms with E-state index in [9.17, 15) is 19.2 Å². The van der Waals surface area contributed by atoms with Gasteiger partial charge in [0.25, 0.3) is 0 Å². The van der Waals surface area contributed by atoms with E-state index in [1.165, 1.54) is 6.08 Å². The number of aryl methyl sites for hydroxylation is 1. The van der Waals surface area contributed by atoms with Gasteiger partial charge in [0.05, 0.1) is 39.1 Å². The third kappa shape index (κ3) is 13.8. The zero-order chi connectivity index (χ0) is 35.4. The minimum Gasteiger partial charge on any atom is -0.494 e. The molecule has 0 spiro atoms. The van der Waals surface area contributed by atoms with Crippen LogP contribution in [-0.2, 0) is 23.9 Å². The van der Waals surface area contributed by atoms with Crippen LogP contribution >= 0.6 is 11.8 Å². The number of esters is 3. The summed E-state index contributed by atoms with van der Waals surface area (Å²) in [4.78, 5) is 48.3. The Morgan fingerprint density at radius 1 is 0.714 bits per heavy atom. The van der Waals surface area contributed by atoms with Crippen LogP contribution in [0, 0.1) is 6.92 Å². The Hall–Kier alpha value is -5.29. The molecule has 0 unspecified atom stereocenters. The van der Waals surface area contributed by atoms with Gasteiger partial charge in [-0.3, -0.25) is 4.79 Å². The number of rotatable bonds is 20. The molecule has 3 rings (SSSR count). The number of carbonyl (C=O) groups is 4. The Morgan fingerprint density at radius 3 is 1.94 bits per heavy atom. The highest BCUT2D eigenvalue weighted by atomic mass is 32.2. The Labute approximate surface area is 290 Å². The van der Waals surface area contributed by atoms with Gasteiger partial charge in [-0.1, -0.05) is 25.3 Å². The van der Waals surface area contributed by atoms with Crippen molar-refractivity contribution in [2.75, 3.05) is 33.5 Å². The average Bonchev–Trinajstić information content (AvgIpc) is 3.11. The molecule has 3 aromatic carbocycles. The van der Waals surface area contributed by atoms with E-state index in [2.05, 4.69) is 13.2 Å². The molecule has 0 heterocycles. The standard InChI is InChI=1S/C38H40O10S/c1-5-35(39)46-23-9-7-21-44-30-15-13-29(14-16-30)38(42)48-31-17-19-34(27(3)25-31)49-37(41)20-12-28-11-18-32(33(26-28)43-4)45-22-8-10-24-47-36(40)6-2/h5-6,11-20,25-26H,1-2,7-10,21-24H2,3-4H3/b20-12+. The van der Waals surface area contributed by atoms with Crippen molar-refractivity contribution in [2.24, 2.45) is 0 Å². The van der Waals surface area contributed by atoms with E-state index in [-0.39, 0.29) is 5.12 Å². The maximum absolute atomic E-state index is 12.7. The summed E-state index contributed by atoms with van der Waals surface area (Å²) in [6.45, 7) is 10.0. The molecule has 258 valence electrons. The van der Waals surface area contributed by atoms with Crippen molar-refractivity contribution in [1.29, 1.82) is 0 Å². The molecule has 0 amide bonds. The number of hydrogen-bond donors (Lipinski definition) is 0. The lowest BCUT2D eigenvalue weighted by Gasteiger charge is -2.11. The van der Waals surface area contributed by atoms with E-state index in [4.69, 9.17) is 28.4 Å². The molecule has 0 fully saturated rings. The fraction of sp³-hybridized carbons (Fsp3) is 0.263. The number of ether oxygens (including phenoxy) is 6. The van der Waals surface area contributed by atoms with Crippen molar-refractivity contribution in [2.45, 2.75) is 37.5 Å². The first-order chi connectivity index (χ1) is 23.7. The second kappa shape index (κ2) is 20.8. The summed E-state index contributed by atoms with van der Waals surface area (Å²) in [5.74, 6) is 0.651. The van der Waals surface area contributed by atoms with Crippen molar-refractivity contribution >= 4 is 40.9 Å². The average molecular weight is 689 g/mol. The first-order valence-corrected chi connectivity index (χ1v) is 16.4. The van der Waals surface area contributed by atoms with Gasteiger partial charge in [0.15, 0.2) is 11.5 Å². The van der Waals surface area contributed by atoms with Crippen LogP contribution < -0.4 is 18.9 Å². The van der Waals surface area contributed by atoms with E-state index in [0.29, 0.717) is 80.7 Å². The van der Waals surface area contributed by atoms with Crippen LogP contribution in [-0.4, -0.2) is 56.6 Å². The minimum absolute atomic E-state index is 0.178. The SMILES string of the molecule is C=CC(=O)OCCCCOc1ccc(C(=O)Oc2ccc(SC(=O)/C=C/c3ccc(OCCCCOC(=O)C=C)c(OC)c3)c(C)c2)cc1. The number of hydrogen-bond acceptors (Lipinski definition) is 11. The molecular formula is C38H40O10S. The third-order valence-electron chi connectivity index (χ3n) is 6.68. The van der Waals surface area contributed by atoms with Crippen molar-refractivity contribution in [1.82, 2.24) is 0 Å². The van der Waals surface area contributed by atoms with Gasteiger partial charge in [0, 0.05) is 17.0 Å². The second-order valence-corrected chi connectivity index (χ2v) is 11.4. The van der Waals surface area contributed by atoms with Crippen LogP contribution in [0.15, 0.2) is 96.9 Å². The summed E-state index contributed by atoms with van der Waals surface area (Å²) in [5.41, 5.74) is 1.90. The quantitative estimate of drug-likeness (QED) is 0.0390. The molecule has 0 aliphatic carbocycles. The van der Waals surface area contributed by atoms with Crippen molar-refractivity contribution in [3.8, 4) is 23.0 Å². The van der Waals surface area contributed by atoms with Crippen LogP contribution in [0.2, 0.25) is 0 Å². The Bertz CT molecular complexity index is 1630. The number of unbranched alkanes of at least 4 members (excludes halogenated alkanes) is 2. The van der Waals surface area contributed by atoms with Crippen LogP contribution in [0.4, 0.5) is 0 Å². The van der Waals surface area contributed by atoms with E-state index >= 15 is 0 Å². The second-order valence-electron chi connectivity index (χ2n) is 10.4. The molecular weight excluding hydrogens is 648 g/mol. The van der Waals surface area contributed by atoms with E-state index < -0.39 is 17.9 Å². The summed E-state index contributed by atoms with van der Waals surface area (Å²) < 4.78 is 32.3. The molecule has 0 aliphatic rings. The summed E-state index contributed by atoms with van der Waals surface area (Å²) in [7, 11) is 1.54. The molecule has 0 radical (unpaired) electrons. The monoisotopic (exact) mass is 688 g/mol. The molecule has 11 heteroatoms. The fourth-order valence-corrected chi connectivity index (χ4v) is 4.82. The molecule has 0 aromatic heterocycles. The molecule has 0 N–H and O–H groups in total. The van der Waals surface area contributed by atoms with Crippen LogP contribution in [0.25, 0.3) is 6.08 Å². The maximum Gasteiger partial charge on any atom is 0.343 e. The molecule has 0 bridgehead atoms. The lowest BCUT2D eigenvalue weighted by molar-refractivity contribution is -0.138. The molecule has 49 heavy (non-hydrogen) atoms.